The Hall–Kier alpha value is -1.57. The van der Waals surface area contributed by atoms with Crippen LogP contribution in [-0.2, 0) is 14.8 Å². The summed E-state index contributed by atoms with van der Waals surface area (Å²) in [5.74, 6) is 0.0624. The van der Waals surface area contributed by atoms with Crippen LogP contribution in [-0.4, -0.2) is 37.2 Å². The molecule has 0 saturated heterocycles. The largest absolute Gasteiger partial charge is 0.381 e. The van der Waals surface area contributed by atoms with Crippen molar-refractivity contribution in [2.24, 2.45) is 0 Å². The van der Waals surface area contributed by atoms with Gasteiger partial charge in [0.15, 0.2) is 5.82 Å². The van der Waals surface area contributed by atoms with Crippen LogP contribution in [0, 0.1) is 6.92 Å². The summed E-state index contributed by atoms with van der Waals surface area (Å²) in [6, 6.07) is 9.18. The number of benzene rings is 1. The molecule has 2 rings (SSSR count). The van der Waals surface area contributed by atoms with Crippen LogP contribution in [0.15, 0.2) is 30.3 Å². The molecule has 0 radical (unpaired) electrons. The van der Waals surface area contributed by atoms with Crippen molar-refractivity contribution in [3.05, 3.63) is 41.0 Å². The van der Waals surface area contributed by atoms with Crippen molar-refractivity contribution in [3.8, 4) is 5.69 Å². The van der Waals surface area contributed by atoms with Crippen molar-refractivity contribution in [2.75, 3.05) is 17.6 Å². The zero-order chi connectivity index (χ0) is 16.3. The van der Waals surface area contributed by atoms with Crippen LogP contribution >= 0.6 is 11.6 Å². The van der Waals surface area contributed by atoms with Crippen LogP contribution in [0.5, 0.6) is 0 Å². The lowest BCUT2D eigenvalue weighted by molar-refractivity contribution is 0.136. The summed E-state index contributed by atoms with van der Waals surface area (Å²) < 4.78 is 33.4. The summed E-state index contributed by atoms with van der Waals surface area (Å²) in [6.45, 7) is 3.40. The monoisotopic (exact) mass is 343 g/mol. The molecule has 0 fully saturated rings. The molecule has 1 N–H and O–H groups in total. The third-order valence-electron chi connectivity index (χ3n) is 3.10. The summed E-state index contributed by atoms with van der Waals surface area (Å²) in [7, 11) is -2.14. The molecule has 1 heterocycles. The Morgan fingerprint density at radius 2 is 2.00 bits per heavy atom. The van der Waals surface area contributed by atoms with Gasteiger partial charge in [0, 0.05) is 7.11 Å². The fraction of sp³-hybridized carbons (Fsp3) is 0.357. The van der Waals surface area contributed by atoms with Crippen molar-refractivity contribution in [1.82, 2.24) is 9.78 Å². The number of sulfonamides is 1. The van der Waals surface area contributed by atoms with E-state index in [1.165, 1.54) is 11.8 Å². The number of halogens is 1. The maximum atomic E-state index is 12.2. The minimum atomic E-state index is -3.61. The molecule has 1 aromatic carbocycles. The number of rotatable bonds is 6. The smallest absolute Gasteiger partial charge is 0.236 e. The first kappa shape index (κ1) is 16.8. The molecule has 0 aliphatic rings. The first-order valence-electron chi connectivity index (χ1n) is 6.68. The van der Waals surface area contributed by atoms with Crippen LogP contribution in [0.25, 0.3) is 5.69 Å². The number of nitrogens with one attached hydrogen (secondary N) is 1. The minimum Gasteiger partial charge on any atom is -0.381 e. The lowest BCUT2D eigenvalue weighted by Crippen LogP contribution is -2.26. The van der Waals surface area contributed by atoms with Gasteiger partial charge < -0.3 is 4.74 Å². The average Bonchev–Trinajstić information content (AvgIpc) is 2.75. The Bertz CT molecular complexity index is 744. The summed E-state index contributed by atoms with van der Waals surface area (Å²) in [5.41, 5.74) is 1.26. The fourth-order valence-corrected chi connectivity index (χ4v) is 3.46. The molecular weight excluding hydrogens is 326 g/mol. The Kier molecular flexibility index (Phi) is 5.10. The van der Waals surface area contributed by atoms with E-state index in [1.54, 1.807) is 13.8 Å². The molecule has 0 amide bonds. The number of nitrogens with zero attached hydrogens (tertiary/aromatic N) is 2. The molecule has 22 heavy (non-hydrogen) atoms. The van der Waals surface area contributed by atoms with Crippen LogP contribution in [0.4, 0.5) is 5.82 Å². The van der Waals surface area contributed by atoms with E-state index in [1.807, 2.05) is 30.3 Å². The zero-order valence-corrected chi connectivity index (χ0v) is 14.1. The summed E-state index contributed by atoms with van der Waals surface area (Å²) in [5, 5.41) is 4.57. The van der Waals surface area contributed by atoms with Crippen LogP contribution in [0.3, 0.4) is 0 Å². The summed E-state index contributed by atoms with van der Waals surface area (Å²) >= 11 is 6.20. The van der Waals surface area contributed by atoms with Gasteiger partial charge in [0.25, 0.3) is 0 Å². The van der Waals surface area contributed by atoms with Gasteiger partial charge in [-0.25, -0.2) is 13.1 Å². The predicted molar refractivity (Wildman–Crippen MR) is 87.2 cm³/mol. The second-order valence-electron chi connectivity index (χ2n) is 4.93. The fourth-order valence-electron chi connectivity index (χ4n) is 1.92. The van der Waals surface area contributed by atoms with Crippen molar-refractivity contribution in [3.63, 3.8) is 0 Å². The first-order chi connectivity index (χ1) is 10.3. The molecule has 120 valence electrons. The SMILES string of the molecule is COC(C)CS(=O)(=O)Nc1c(Cl)c(C)nn1-c1ccccc1. The predicted octanol–water partition coefficient (Wildman–Crippen LogP) is 2.61. The molecule has 0 saturated carbocycles. The minimum absolute atomic E-state index is 0.168. The topological polar surface area (TPSA) is 73.2 Å². The molecule has 2 aromatic rings. The van der Waals surface area contributed by atoms with E-state index in [9.17, 15) is 8.42 Å². The first-order valence-corrected chi connectivity index (χ1v) is 8.71. The van der Waals surface area contributed by atoms with Gasteiger partial charge in [0.2, 0.25) is 10.0 Å². The number of anilines is 1. The highest BCUT2D eigenvalue weighted by Crippen LogP contribution is 2.29. The van der Waals surface area contributed by atoms with Gasteiger partial charge in [-0.3, -0.25) is 4.72 Å². The Labute approximate surface area is 135 Å². The van der Waals surface area contributed by atoms with Gasteiger partial charge in [-0.1, -0.05) is 29.8 Å². The highest BCUT2D eigenvalue weighted by molar-refractivity contribution is 7.92. The van der Waals surface area contributed by atoms with Gasteiger partial charge in [0.05, 0.1) is 23.2 Å². The highest BCUT2D eigenvalue weighted by atomic mass is 35.5. The van der Waals surface area contributed by atoms with E-state index in [-0.39, 0.29) is 16.6 Å². The van der Waals surface area contributed by atoms with Gasteiger partial charge in [-0.2, -0.15) is 5.10 Å². The van der Waals surface area contributed by atoms with E-state index in [0.29, 0.717) is 5.69 Å². The number of para-hydroxylation sites is 1. The van der Waals surface area contributed by atoms with E-state index < -0.39 is 16.1 Å². The molecular formula is C14H18ClN3O3S. The molecule has 6 nitrogen and oxygen atoms in total. The molecule has 0 bridgehead atoms. The van der Waals surface area contributed by atoms with E-state index in [4.69, 9.17) is 16.3 Å². The third-order valence-corrected chi connectivity index (χ3v) is 4.96. The number of aryl methyl sites for hydroxylation is 1. The van der Waals surface area contributed by atoms with Crippen molar-refractivity contribution < 1.29 is 13.2 Å². The number of ether oxygens (including phenoxy) is 1. The normalized spacial score (nSPS) is 13.1. The van der Waals surface area contributed by atoms with Crippen LogP contribution in [0.2, 0.25) is 5.02 Å². The van der Waals surface area contributed by atoms with Gasteiger partial charge in [-0.15, -0.1) is 0 Å². The van der Waals surface area contributed by atoms with Crippen molar-refractivity contribution in [2.45, 2.75) is 20.0 Å². The maximum absolute atomic E-state index is 12.2. The van der Waals surface area contributed by atoms with Crippen LogP contribution in [0.1, 0.15) is 12.6 Å². The molecule has 1 unspecified atom stereocenters. The van der Waals surface area contributed by atoms with Crippen LogP contribution < -0.4 is 4.72 Å². The zero-order valence-electron chi connectivity index (χ0n) is 12.6. The number of aromatic nitrogens is 2. The van der Waals surface area contributed by atoms with Crippen molar-refractivity contribution >= 4 is 27.4 Å². The lowest BCUT2D eigenvalue weighted by atomic mass is 10.3. The molecule has 0 aliphatic carbocycles. The quantitative estimate of drug-likeness (QED) is 0.875. The standard InChI is InChI=1S/C14H18ClN3O3S/c1-10(21-3)9-22(19,20)17-14-13(15)11(2)16-18(14)12-7-5-4-6-8-12/h4-8,10,17H,9H2,1-3H3. The third kappa shape index (κ3) is 3.79. The molecule has 1 aromatic heterocycles. The Morgan fingerprint density at radius 3 is 2.59 bits per heavy atom. The number of methoxy groups -OCH3 is 1. The van der Waals surface area contributed by atoms with Gasteiger partial charge >= 0.3 is 0 Å². The second-order valence-corrected chi connectivity index (χ2v) is 7.07. The van der Waals surface area contributed by atoms with Gasteiger partial charge in [0.1, 0.15) is 5.02 Å². The summed E-state index contributed by atoms with van der Waals surface area (Å²) in [4.78, 5) is 0. The van der Waals surface area contributed by atoms with E-state index in [2.05, 4.69) is 9.82 Å². The number of hydrogen-bond acceptors (Lipinski definition) is 4. The van der Waals surface area contributed by atoms with E-state index in [0.717, 1.165) is 5.69 Å². The molecule has 0 aliphatic heterocycles. The Balaban J connectivity index is 2.39. The molecule has 1 atom stereocenters. The maximum Gasteiger partial charge on any atom is 0.236 e. The Morgan fingerprint density at radius 1 is 1.36 bits per heavy atom. The molecule has 8 heteroatoms. The molecule has 0 spiro atoms. The van der Waals surface area contributed by atoms with Gasteiger partial charge in [-0.05, 0) is 26.0 Å². The second kappa shape index (κ2) is 6.68. The van der Waals surface area contributed by atoms with E-state index >= 15 is 0 Å². The van der Waals surface area contributed by atoms with Crippen molar-refractivity contribution in [1.29, 1.82) is 0 Å². The highest BCUT2D eigenvalue weighted by Gasteiger charge is 2.22. The lowest BCUT2D eigenvalue weighted by Gasteiger charge is -2.13. The summed E-state index contributed by atoms with van der Waals surface area (Å²) in [6.07, 6.45) is -0.425. The number of hydrogen-bond donors (Lipinski definition) is 1. The average molecular weight is 344 g/mol.